The van der Waals surface area contributed by atoms with Gasteiger partial charge in [-0.1, -0.05) is 19.3 Å². The van der Waals surface area contributed by atoms with Crippen LogP contribution in [0.1, 0.15) is 52.9 Å². The predicted molar refractivity (Wildman–Crippen MR) is 82.1 cm³/mol. The maximum absolute atomic E-state index is 12.5. The van der Waals surface area contributed by atoms with E-state index < -0.39 is 5.60 Å². The molecular weight excluding hydrogens is 268 g/mol. The zero-order valence-corrected chi connectivity index (χ0v) is 13.7. The first kappa shape index (κ1) is 16.6. The summed E-state index contributed by atoms with van der Waals surface area (Å²) in [5.74, 6) is 0. The molecule has 0 spiro atoms. The smallest absolute Gasteiger partial charge is 0.410 e. The summed E-state index contributed by atoms with van der Waals surface area (Å²) in [6.07, 6.45) is 5.58. The quantitative estimate of drug-likeness (QED) is 0.851. The van der Waals surface area contributed by atoms with Gasteiger partial charge in [0.15, 0.2) is 0 Å². The number of carbonyl (C=O) groups excluding carboxylic acids is 1. The van der Waals surface area contributed by atoms with Crippen molar-refractivity contribution in [2.45, 2.75) is 64.5 Å². The highest BCUT2D eigenvalue weighted by molar-refractivity contribution is 5.69. The van der Waals surface area contributed by atoms with E-state index in [-0.39, 0.29) is 17.6 Å². The monoisotopic (exact) mass is 298 g/mol. The Morgan fingerprint density at radius 3 is 2.57 bits per heavy atom. The second kappa shape index (κ2) is 6.53. The molecule has 1 amide bonds. The first-order valence-electron chi connectivity index (χ1n) is 8.15. The molecule has 122 valence electrons. The van der Waals surface area contributed by atoms with Crippen molar-refractivity contribution in [2.24, 2.45) is 11.1 Å². The number of nitrogens with two attached hydrogens (primary N) is 1. The summed E-state index contributed by atoms with van der Waals surface area (Å²) in [5, 5.41) is 0. The average Bonchev–Trinajstić information content (AvgIpc) is 2.46. The largest absolute Gasteiger partial charge is 0.444 e. The highest BCUT2D eigenvalue weighted by Crippen LogP contribution is 2.41. The number of ether oxygens (including phenoxy) is 2. The fraction of sp³-hybridized carbons (Fsp3) is 0.938. The highest BCUT2D eigenvalue weighted by atomic mass is 16.6. The lowest BCUT2D eigenvalue weighted by Gasteiger charge is -2.49. The van der Waals surface area contributed by atoms with Gasteiger partial charge in [-0.15, -0.1) is 0 Å². The molecule has 21 heavy (non-hydrogen) atoms. The van der Waals surface area contributed by atoms with Gasteiger partial charge >= 0.3 is 6.09 Å². The summed E-state index contributed by atoms with van der Waals surface area (Å²) in [7, 11) is 0. The van der Waals surface area contributed by atoms with Crippen LogP contribution in [0.25, 0.3) is 0 Å². The van der Waals surface area contributed by atoms with E-state index >= 15 is 0 Å². The Balaban J connectivity index is 2.16. The predicted octanol–water partition coefficient (Wildman–Crippen LogP) is 2.53. The molecule has 2 aliphatic rings. The van der Waals surface area contributed by atoms with Crippen LogP contribution in [-0.2, 0) is 9.47 Å². The summed E-state index contributed by atoms with van der Waals surface area (Å²) in [6, 6.07) is 0.0476. The van der Waals surface area contributed by atoms with E-state index in [1.54, 1.807) is 0 Å². The SMILES string of the molecule is CC(C)(C)OC(=O)N1CCOCC1C1(CN)CCCCC1. The number of carbonyl (C=O) groups is 1. The molecular formula is C16H30N2O3. The summed E-state index contributed by atoms with van der Waals surface area (Å²) in [4.78, 5) is 14.4. The Bertz CT molecular complexity index is 359. The summed E-state index contributed by atoms with van der Waals surface area (Å²) in [6.45, 7) is 8.08. The number of morpholine rings is 1. The van der Waals surface area contributed by atoms with Crippen molar-refractivity contribution in [3.05, 3.63) is 0 Å². The van der Waals surface area contributed by atoms with E-state index in [4.69, 9.17) is 15.2 Å². The molecule has 1 atom stereocenters. The van der Waals surface area contributed by atoms with Gasteiger partial charge in [0, 0.05) is 18.5 Å². The van der Waals surface area contributed by atoms with E-state index in [0.29, 0.717) is 26.3 Å². The van der Waals surface area contributed by atoms with E-state index in [2.05, 4.69) is 0 Å². The van der Waals surface area contributed by atoms with Crippen molar-refractivity contribution < 1.29 is 14.3 Å². The lowest BCUT2D eigenvalue weighted by atomic mass is 9.68. The molecule has 0 aromatic carbocycles. The van der Waals surface area contributed by atoms with Gasteiger partial charge in [0.2, 0.25) is 0 Å². The standard InChI is InChI=1S/C16H30N2O3/c1-15(2,3)21-14(19)18-9-10-20-11-13(18)16(12-17)7-5-4-6-8-16/h13H,4-12,17H2,1-3H3. The number of hydrogen-bond donors (Lipinski definition) is 1. The molecule has 2 fully saturated rings. The molecule has 0 radical (unpaired) electrons. The lowest BCUT2D eigenvalue weighted by molar-refractivity contribution is -0.0770. The molecule has 2 rings (SSSR count). The van der Waals surface area contributed by atoms with Crippen molar-refractivity contribution >= 4 is 6.09 Å². The minimum Gasteiger partial charge on any atom is -0.444 e. The molecule has 0 aromatic heterocycles. The van der Waals surface area contributed by atoms with Gasteiger partial charge in [0.25, 0.3) is 0 Å². The first-order valence-corrected chi connectivity index (χ1v) is 8.15. The Labute approximate surface area is 128 Å². The molecule has 2 N–H and O–H groups in total. The third-order valence-corrected chi connectivity index (χ3v) is 4.72. The zero-order valence-electron chi connectivity index (χ0n) is 13.7. The number of rotatable bonds is 2. The van der Waals surface area contributed by atoms with E-state index in [9.17, 15) is 4.79 Å². The van der Waals surface area contributed by atoms with Gasteiger partial charge < -0.3 is 15.2 Å². The molecule has 0 bridgehead atoms. The fourth-order valence-corrected chi connectivity index (χ4v) is 3.58. The molecule has 1 heterocycles. The molecule has 5 heteroatoms. The number of hydrogen-bond acceptors (Lipinski definition) is 4. The van der Waals surface area contributed by atoms with Crippen LogP contribution in [0.3, 0.4) is 0 Å². The summed E-state index contributed by atoms with van der Waals surface area (Å²) >= 11 is 0. The van der Waals surface area contributed by atoms with E-state index in [1.807, 2.05) is 25.7 Å². The van der Waals surface area contributed by atoms with Crippen molar-refractivity contribution in [2.75, 3.05) is 26.3 Å². The van der Waals surface area contributed by atoms with E-state index in [1.165, 1.54) is 19.3 Å². The molecule has 1 saturated carbocycles. The maximum Gasteiger partial charge on any atom is 0.410 e. The third kappa shape index (κ3) is 3.89. The summed E-state index contributed by atoms with van der Waals surface area (Å²) < 4.78 is 11.2. The second-order valence-electron chi connectivity index (χ2n) is 7.39. The third-order valence-electron chi connectivity index (χ3n) is 4.72. The minimum atomic E-state index is -0.470. The van der Waals surface area contributed by atoms with Crippen LogP contribution >= 0.6 is 0 Å². The Morgan fingerprint density at radius 2 is 2.00 bits per heavy atom. The van der Waals surface area contributed by atoms with Crippen LogP contribution in [0.15, 0.2) is 0 Å². The van der Waals surface area contributed by atoms with E-state index in [0.717, 1.165) is 12.8 Å². The average molecular weight is 298 g/mol. The Morgan fingerprint density at radius 1 is 1.33 bits per heavy atom. The van der Waals surface area contributed by atoms with Crippen LogP contribution in [-0.4, -0.2) is 48.9 Å². The van der Waals surface area contributed by atoms with Crippen LogP contribution < -0.4 is 5.73 Å². The fourth-order valence-electron chi connectivity index (χ4n) is 3.58. The van der Waals surface area contributed by atoms with Crippen molar-refractivity contribution in [1.29, 1.82) is 0 Å². The molecule has 1 unspecified atom stereocenters. The van der Waals surface area contributed by atoms with Crippen LogP contribution in [0, 0.1) is 5.41 Å². The first-order chi connectivity index (χ1) is 9.88. The Hall–Kier alpha value is -0.810. The normalized spacial score (nSPS) is 26.5. The number of amides is 1. The minimum absolute atomic E-state index is 0.00439. The van der Waals surface area contributed by atoms with Crippen molar-refractivity contribution in [3.8, 4) is 0 Å². The topological polar surface area (TPSA) is 64.8 Å². The maximum atomic E-state index is 12.5. The van der Waals surface area contributed by atoms with Gasteiger partial charge in [-0.2, -0.15) is 0 Å². The number of nitrogens with zero attached hydrogens (tertiary/aromatic N) is 1. The van der Waals surface area contributed by atoms with Gasteiger partial charge in [0.1, 0.15) is 5.60 Å². The molecule has 1 saturated heterocycles. The molecule has 1 aliphatic heterocycles. The summed E-state index contributed by atoms with van der Waals surface area (Å²) in [5.41, 5.74) is 5.65. The van der Waals surface area contributed by atoms with Crippen molar-refractivity contribution in [3.63, 3.8) is 0 Å². The van der Waals surface area contributed by atoms with Gasteiger partial charge in [-0.05, 0) is 33.6 Å². The second-order valence-corrected chi connectivity index (χ2v) is 7.39. The lowest BCUT2D eigenvalue weighted by Crippen LogP contribution is -2.60. The van der Waals surface area contributed by atoms with Crippen LogP contribution in [0.5, 0.6) is 0 Å². The molecule has 0 aromatic rings. The Kier molecular flexibility index (Phi) is 5.15. The van der Waals surface area contributed by atoms with Crippen LogP contribution in [0.2, 0.25) is 0 Å². The van der Waals surface area contributed by atoms with Gasteiger partial charge in [0.05, 0.1) is 19.3 Å². The van der Waals surface area contributed by atoms with Gasteiger partial charge in [-0.25, -0.2) is 4.79 Å². The molecule has 1 aliphatic carbocycles. The van der Waals surface area contributed by atoms with Gasteiger partial charge in [-0.3, -0.25) is 4.90 Å². The highest BCUT2D eigenvalue weighted by Gasteiger charge is 2.45. The van der Waals surface area contributed by atoms with Crippen molar-refractivity contribution in [1.82, 2.24) is 4.90 Å². The zero-order chi connectivity index (χ0) is 15.5. The molecule has 5 nitrogen and oxygen atoms in total. The van der Waals surface area contributed by atoms with Crippen LogP contribution in [0.4, 0.5) is 4.79 Å².